The summed E-state index contributed by atoms with van der Waals surface area (Å²) in [5.74, 6) is 0.269. The van der Waals surface area contributed by atoms with Gasteiger partial charge in [0.2, 0.25) is 5.91 Å². The molecule has 0 radical (unpaired) electrons. The Bertz CT molecular complexity index is 190. The van der Waals surface area contributed by atoms with E-state index in [1.54, 1.807) is 0 Å². The van der Waals surface area contributed by atoms with E-state index in [0.29, 0.717) is 13.1 Å². The molecule has 1 heterocycles. The highest BCUT2D eigenvalue weighted by molar-refractivity contribution is 5.78. The number of nitrogens with zero attached hydrogens (tertiary/aromatic N) is 2. The summed E-state index contributed by atoms with van der Waals surface area (Å²) < 4.78 is 0. The Balaban J connectivity index is 2.31. The minimum Gasteiger partial charge on any atom is -0.342 e. The fourth-order valence-electron chi connectivity index (χ4n) is 1.97. The van der Waals surface area contributed by atoms with Crippen molar-refractivity contribution in [2.24, 2.45) is 5.73 Å². The van der Waals surface area contributed by atoms with Crippen molar-refractivity contribution >= 4 is 5.91 Å². The van der Waals surface area contributed by atoms with Gasteiger partial charge in [0.15, 0.2) is 0 Å². The molecule has 1 aliphatic heterocycles. The summed E-state index contributed by atoms with van der Waals surface area (Å²) in [7, 11) is 0. The molecule has 0 bridgehead atoms. The van der Waals surface area contributed by atoms with E-state index in [1.165, 1.54) is 6.42 Å². The molecule has 0 saturated carbocycles. The predicted octanol–water partition coefficient (Wildman–Crippen LogP) is 0.280. The van der Waals surface area contributed by atoms with Crippen molar-refractivity contribution in [1.82, 2.24) is 9.80 Å². The van der Waals surface area contributed by atoms with Gasteiger partial charge in [0.25, 0.3) is 0 Å². The first kappa shape index (κ1) is 12.5. The number of likely N-dealkylation sites (tertiary alicyclic amines) is 1. The predicted molar refractivity (Wildman–Crippen MR) is 61.6 cm³/mol. The highest BCUT2D eigenvalue weighted by atomic mass is 16.2. The largest absolute Gasteiger partial charge is 0.342 e. The zero-order valence-corrected chi connectivity index (χ0v) is 9.74. The van der Waals surface area contributed by atoms with E-state index in [4.69, 9.17) is 5.73 Å². The normalized spacial score (nSPS) is 17.1. The first-order valence-corrected chi connectivity index (χ1v) is 5.98. The summed E-state index contributed by atoms with van der Waals surface area (Å²) in [5, 5.41) is 0. The number of piperidine rings is 1. The Morgan fingerprint density at radius 1 is 1.33 bits per heavy atom. The van der Waals surface area contributed by atoms with E-state index in [1.807, 2.05) is 4.90 Å². The molecule has 0 aromatic heterocycles. The van der Waals surface area contributed by atoms with Gasteiger partial charge in [0.05, 0.1) is 6.54 Å². The Morgan fingerprint density at radius 3 is 2.53 bits per heavy atom. The number of amides is 1. The summed E-state index contributed by atoms with van der Waals surface area (Å²) in [5.41, 5.74) is 5.49. The van der Waals surface area contributed by atoms with E-state index >= 15 is 0 Å². The van der Waals surface area contributed by atoms with Crippen LogP contribution in [0, 0.1) is 0 Å². The lowest BCUT2D eigenvalue weighted by Crippen LogP contribution is -2.43. The van der Waals surface area contributed by atoms with Gasteiger partial charge in [0, 0.05) is 26.2 Å². The maximum Gasteiger partial charge on any atom is 0.236 e. The number of nitrogens with two attached hydrogens (primary N) is 1. The third-order valence-electron chi connectivity index (χ3n) is 2.96. The number of carbonyl (C=O) groups excluding carboxylic acids is 1. The number of rotatable bonds is 5. The van der Waals surface area contributed by atoms with Crippen molar-refractivity contribution in [1.29, 1.82) is 0 Å². The monoisotopic (exact) mass is 213 g/mol. The molecule has 0 aromatic carbocycles. The maximum atomic E-state index is 11.9. The van der Waals surface area contributed by atoms with Crippen molar-refractivity contribution in [3.8, 4) is 0 Å². The van der Waals surface area contributed by atoms with E-state index in [-0.39, 0.29) is 5.91 Å². The molecule has 1 rings (SSSR count). The number of hydrogen-bond acceptors (Lipinski definition) is 3. The second kappa shape index (κ2) is 6.80. The molecule has 0 unspecified atom stereocenters. The third kappa shape index (κ3) is 4.18. The van der Waals surface area contributed by atoms with Crippen molar-refractivity contribution < 1.29 is 4.79 Å². The molecule has 2 N–H and O–H groups in total. The van der Waals surface area contributed by atoms with E-state index < -0.39 is 0 Å². The average Bonchev–Trinajstić information content (AvgIpc) is 2.29. The lowest BCUT2D eigenvalue weighted by Gasteiger charge is -2.29. The Morgan fingerprint density at radius 2 is 2.00 bits per heavy atom. The van der Waals surface area contributed by atoms with Crippen molar-refractivity contribution in [3.63, 3.8) is 0 Å². The Hall–Kier alpha value is -0.610. The third-order valence-corrected chi connectivity index (χ3v) is 2.96. The average molecular weight is 213 g/mol. The second-order valence-electron chi connectivity index (χ2n) is 4.10. The van der Waals surface area contributed by atoms with Crippen LogP contribution >= 0.6 is 0 Å². The molecule has 0 spiro atoms. The van der Waals surface area contributed by atoms with Gasteiger partial charge in [-0.15, -0.1) is 0 Å². The summed E-state index contributed by atoms with van der Waals surface area (Å²) in [6.45, 7) is 6.83. The lowest BCUT2D eigenvalue weighted by atomic mass is 10.1. The first-order valence-electron chi connectivity index (χ1n) is 5.98. The molecule has 88 valence electrons. The number of carbonyl (C=O) groups is 1. The summed E-state index contributed by atoms with van der Waals surface area (Å²) >= 11 is 0. The molecule has 4 nitrogen and oxygen atoms in total. The fraction of sp³-hybridized carbons (Fsp3) is 0.909. The van der Waals surface area contributed by atoms with Crippen LogP contribution in [0.25, 0.3) is 0 Å². The number of likely N-dealkylation sites (N-methyl/N-ethyl adjacent to an activating group) is 1. The minimum absolute atomic E-state index is 0.269. The maximum absolute atomic E-state index is 11.9. The van der Waals surface area contributed by atoms with E-state index in [2.05, 4.69) is 11.8 Å². The topological polar surface area (TPSA) is 49.6 Å². The molecule has 1 saturated heterocycles. The summed E-state index contributed by atoms with van der Waals surface area (Å²) in [6.07, 6.45) is 3.59. The van der Waals surface area contributed by atoms with Gasteiger partial charge in [-0.25, -0.2) is 0 Å². The van der Waals surface area contributed by atoms with Crippen LogP contribution in [0.15, 0.2) is 0 Å². The van der Waals surface area contributed by atoms with Gasteiger partial charge in [-0.1, -0.05) is 6.92 Å². The highest BCUT2D eigenvalue weighted by Gasteiger charge is 2.18. The molecular weight excluding hydrogens is 190 g/mol. The molecule has 0 aliphatic carbocycles. The van der Waals surface area contributed by atoms with Crippen molar-refractivity contribution in [2.75, 3.05) is 39.3 Å². The zero-order chi connectivity index (χ0) is 11.1. The quantitative estimate of drug-likeness (QED) is 0.713. The van der Waals surface area contributed by atoms with Crippen LogP contribution < -0.4 is 5.73 Å². The Kier molecular flexibility index (Phi) is 5.65. The van der Waals surface area contributed by atoms with Crippen LogP contribution in [0.4, 0.5) is 0 Å². The zero-order valence-electron chi connectivity index (χ0n) is 9.74. The molecule has 1 fully saturated rings. The van der Waals surface area contributed by atoms with Gasteiger partial charge in [-0.05, 0) is 25.8 Å². The van der Waals surface area contributed by atoms with E-state index in [0.717, 1.165) is 39.0 Å². The number of hydrogen-bond donors (Lipinski definition) is 1. The molecule has 1 aliphatic rings. The molecule has 15 heavy (non-hydrogen) atoms. The van der Waals surface area contributed by atoms with Gasteiger partial charge in [0.1, 0.15) is 0 Å². The van der Waals surface area contributed by atoms with Crippen molar-refractivity contribution in [3.05, 3.63) is 0 Å². The van der Waals surface area contributed by atoms with Gasteiger partial charge < -0.3 is 10.6 Å². The second-order valence-corrected chi connectivity index (χ2v) is 4.10. The lowest BCUT2D eigenvalue weighted by molar-refractivity contribution is -0.133. The van der Waals surface area contributed by atoms with Gasteiger partial charge in [-0.2, -0.15) is 0 Å². The molecule has 0 aromatic rings. The van der Waals surface area contributed by atoms with Crippen LogP contribution in [-0.2, 0) is 4.79 Å². The van der Waals surface area contributed by atoms with Gasteiger partial charge >= 0.3 is 0 Å². The van der Waals surface area contributed by atoms with Crippen LogP contribution in [-0.4, -0.2) is 55.0 Å². The Labute approximate surface area is 92.4 Å². The SMILES string of the molecule is CCN(CCN)CC(=O)N1CCCCC1. The van der Waals surface area contributed by atoms with Crippen LogP contribution in [0.3, 0.4) is 0 Å². The highest BCUT2D eigenvalue weighted by Crippen LogP contribution is 2.08. The smallest absolute Gasteiger partial charge is 0.236 e. The first-order chi connectivity index (χ1) is 7.27. The van der Waals surface area contributed by atoms with Crippen LogP contribution in [0.5, 0.6) is 0 Å². The standard InChI is InChI=1S/C11H23N3O/c1-2-13(9-6-12)10-11(15)14-7-4-3-5-8-14/h2-10,12H2,1H3. The van der Waals surface area contributed by atoms with E-state index in [9.17, 15) is 4.79 Å². The van der Waals surface area contributed by atoms with Gasteiger partial charge in [-0.3, -0.25) is 9.69 Å². The van der Waals surface area contributed by atoms with Crippen LogP contribution in [0.1, 0.15) is 26.2 Å². The molecular formula is C11H23N3O. The summed E-state index contributed by atoms with van der Waals surface area (Å²) in [4.78, 5) is 16.0. The molecule has 0 atom stereocenters. The summed E-state index contributed by atoms with van der Waals surface area (Å²) in [6, 6.07) is 0. The molecule has 1 amide bonds. The molecule has 4 heteroatoms. The van der Waals surface area contributed by atoms with Crippen molar-refractivity contribution in [2.45, 2.75) is 26.2 Å². The minimum atomic E-state index is 0.269. The van der Waals surface area contributed by atoms with Crippen LogP contribution in [0.2, 0.25) is 0 Å². The fourth-order valence-corrected chi connectivity index (χ4v) is 1.97.